The number of hydrogen-bond acceptors (Lipinski definition) is 3. The van der Waals surface area contributed by atoms with Gasteiger partial charge in [0.05, 0.1) is 10.0 Å². The molecule has 0 heterocycles. The van der Waals surface area contributed by atoms with Crippen LogP contribution in [0.5, 0.6) is 5.75 Å². The molecule has 2 N–H and O–H groups in total. The standard InChI is InChI=1S/C12H8Cl3NO3S/c13-7-5-10(14)12(15)11(6-7)20(18,19)16-8-1-3-9(17)4-2-8/h1-6,16-17H. The van der Waals surface area contributed by atoms with Crippen LogP contribution in [-0.4, -0.2) is 13.5 Å². The van der Waals surface area contributed by atoms with Gasteiger partial charge in [0.25, 0.3) is 10.0 Å². The lowest BCUT2D eigenvalue weighted by Crippen LogP contribution is -2.13. The summed E-state index contributed by atoms with van der Waals surface area (Å²) >= 11 is 17.5. The molecule has 2 aromatic rings. The molecule has 0 radical (unpaired) electrons. The molecule has 4 nitrogen and oxygen atoms in total. The van der Waals surface area contributed by atoms with Crippen LogP contribution in [0.3, 0.4) is 0 Å². The Morgan fingerprint density at radius 3 is 2.20 bits per heavy atom. The highest BCUT2D eigenvalue weighted by Crippen LogP contribution is 2.33. The molecule has 0 aliphatic rings. The van der Waals surface area contributed by atoms with Gasteiger partial charge >= 0.3 is 0 Å². The normalized spacial score (nSPS) is 11.3. The third-order valence-corrected chi connectivity index (χ3v) is 4.91. The molecule has 0 bridgehead atoms. The molecule has 0 saturated carbocycles. The summed E-state index contributed by atoms with van der Waals surface area (Å²) in [7, 11) is -3.93. The van der Waals surface area contributed by atoms with Crippen LogP contribution in [0, 0.1) is 0 Å². The molecule has 2 rings (SSSR count). The summed E-state index contributed by atoms with van der Waals surface area (Å²) in [6.07, 6.45) is 0. The van der Waals surface area contributed by atoms with E-state index in [2.05, 4.69) is 4.72 Å². The van der Waals surface area contributed by atoms with Crippen LogP contribution in [0.15, 0.2) is 41.3 Å². The maximum Gasteiger partial charge on any atom is 0.263 e. The van der Waals surface area contributed by atoms with E-state index in [1.807, 2.05) is 0 Å². The summed E-state index contributed by atoms with van der Waals surface area (Å²) in [5.74, 6) is 0.0248. The van der Waals surface area contributed by atoms with E-state index in [-0.39, 0.29) is 31.4 Å². The van der Waals surface area contributed by atoms with Crippen LogP contribution < -0.4 is 4.72 Å². The number of aromatic hydroxyl groups is 1. The van der Waals surface area contributed by atoms with E-state index in [9.17, 15) is 8.42 Å². The Kier molecular flexibility index (Phi) is 4.34. The van der Waals surface area contributed by atoms with Gasteiger partial charge in [-0.25, -0.2) is 8.42 Å². The third-order valence-electron chi connectivity index (χ3n) is 2.37. The average molecular weight is 353 g/mol. The number of sulfonamides is 1. The van der Waals surface area contributed by atoms with Gasteiger partial charge in [-0.3, -0.25) is 4.72 Å². The zero-order valence-corrected chi connectivity index (χ0v) is 12.9. The van der Waals surface area contributed by atoms with Crippen molar-refractivity contribution in [1.82, 2.24) is 0 Å². The first-order chi connectivity index (χ1) is 9.29. The Morgan fingerprint density at radius 2 is 1.60 bits per heavy atom. The van der Waals surface area contributed by atoms with Crippen LogP contribution in [0.1, 0.15) is 0 Å². The number of rotatable bonds is 3. The van der Waals surface area contributed by atoms with Crippen LogP contribution in [-0.2, 0) is 10.0 Å². The second-order valence-electron chi connectivity index (χ2n) is 3.85. The molecule has 20 heavy (non-hydrogen) atoms. The number of phenols is 1. The van der Waals surface area contributed by atoms with Gasteiger partial charge in [-0.05, 0) is 36.4 Å². The number of nitrogens with one attached hydrogen (secondary N) is 1. The van der Waals surface area contributed by atoms with Crippen molar-refractivity contribution in [3.05, 3.63) is 51.5 Å². The van der Waals surface area contributed by atoms with Crippen molar-refractivity contribution in [1.29, 1.82) is 0 Å². The molecule has 0 unspecified atom stereocenters. The van der Waals surface area contributed by atoms with Crippen molar-refractivity contribution in [3.8, 4) is 5.75 Å². The lowest BCUT2D eigenvalue weighted by molar-refractivity contribution is 0.475. The summed E-state index contributed by atoms with van der Waals surface area (Å²) < 4.78 is 26.8. The zero-order chi connectivity index (χ0) is 14.9. The first-order valence-electron chi connectivity index (χ1n) is 5.26. The SMILES string of the molecule is O=S(=O)(Nc1ccc(O)cc1)c1cc(Cl)cc(Cl)c1Cl. The fourth-order valence-corrected chi connectivity index (χ4v) is 3.68. The molecule has 0 aliphatic carbocycles. The summed E-state index contributed by atoms with van der Waals surface area (Å²) in [4.78, 5) is -0.218. The molecule has 0 saturated heterocycles. The molecular formula is C12H8Cl3NO3S. The first kappa shape index (κ1) is 15.3. The Balaban J connectivity index is 2.43. The molecule has 0 atom stereocenters. The van der Waals surface area contributed by atoms with Gasteiger partial charge in [-0.2, -0.15) is 0 Å². The smallest absolute Gasteiger partial charge is 0.263 e. The fraction of sp³-hybridized carbons (Fsp3) is 0. The van der Waals surface area contributed by atoms with Gasteiger partial charge in [0.15, 0.2) is 0 Å². The first-order valence-corrected chi connectivity index (χ1v) is 7.88. The van der Waals surface area contributed by atoms with E-state index in [0.717, 1.165) is 0 Å². The lowest BCUT2D eigenvalue weighted by Gasteiger charge is -2.11. The maximum absolute atomic E-state index is 12.2. The predicted molar refractivity (Wildman–Crippen MR) is 80.4 cm³/mol. The van der Waals surface area contributed by atoms with Crippen molar-refractivity contribution >= 4 is 50.5 Å². The maximum atomic E-state index is 12.2. The van der Waals surface area contributed by atoms with Crippen molar-refractivity contribution in [2.75, 3.05) is 4.72 Å². The van der Waals surface area contributed by atoms with Crippen molar-refractivity contribution in [2.45, 2.75) is 4.90 Å². The minimum Gasteiger partial charge on any atom is -0.508 e. The molecule has 0 aliphatic heterocycles. The number of benzene rings is 2. The van der Waals surface area contributed by atoms with Gasteiger partial charge in [0.2, 0.25) is 0 Å². The summed E-state index contributed by atoms with van der Waals surface area (Å²) in [5.41, 5.74) is 0.273. The highest BCUT2D eigenvalue weighted by molar-refractivity contribution is 7.92. The number of hydrogen-bond donors (Lipinski definition) is 2. The quantitative estimate of drug-likeness (QED) is 0.644. The molecule has 2 aromatic carbocycles. The van der Waals surface area contributed by atoms with Gasteiger partial charge in [0, 0.05) is 10.7 Å². The minimum atomic E-state index is -3.93. The van der Waals surface area contributed by atoms with Crippen LogP contribution >= 0.6 is 34.8 Å². The van der Waals surface area contributed by atoms with Gasteiger partial charge in [-0.15, -0.1) is 0 Å². The average Bonchev–Trinajstić information content (AvgIpc) is 2.36. The van der Waals surface area contributed by atoms with Gasteiger partial charge in [0.1, 0.15) is 10.6 Å². The Labute approximate surface area is 131 Å². The summed E-state index contributed by atoms with van der Waals surface area (Å²) in [6.45, 7) is 0. The van der Waals surface area contributed by atoms with E-state index >= 15 is 0 Å². The number of phenolic OH excluding ortho intramolecular Hbond substituents is 1. The monoisotopic (exact) mass is 351 g/mol. The van der Waals surface area contributed by atoms with E-state index in [1.54, 1.807) is 0 Å². The molecular weight excluding hydrogens is 345 g/mol. The highest BCUT2D eigenvalue weighted by atomic mass is 35.5. The Bertz CT molecular complexity index is 745. The largest absolute Gasteiger partial charge is 0.508 e. The second kappa shape index (κ2) is 5.69. The van der Waals surface area contributed by atoms with Gasteiger partial charge < -0.3 is 5.11 Å². The van der Waals surface area contributed by atoms with E-state index in [4.69, 9.17) is 39.9 Å². The van der Waals surface area contributed by atoms with E-state index < -0.39 is 10.0 Å². The minimum absolute atomic E-state index is 0.0248. The van der Waals surface area contributed by atoms with Gasteiger partial charge in [-0.1, -0.05) is 34.8 Å². The molecule has 0 spiro atoms. The zero-order valence-electron chi connectivity index (χ0n) is 9.77. The topological polar surface area (TPSA) is 66.4 Å². The van der Waals surface area contributed by atoms with Crippen molar-refractivity contribution < 1.29 is 13.5 Å². The molecule has 0 fully saturated rings. The highest BCUT2D eigenvalue weighted by Gasteiger charge is 2.21. The van der Waals surface area contributed by atoms with Crippen LogP contribution in [0.25, 0.3) is 0 Å². The van der Waals surface area contributed by atoms with Crippen molar-refractivity contribution in [2.24, 2.45) is 0 Å². The van der Waals surface area contributed by atoms with Crippen LogP contribution in [0.2, 0.25) is 15.1 Å². The fourth-order valence-electron chi connectivity index (χ4n) is 1.47. The molecule has 0 aromatic heterocycles. The Morgan fingerprint density at radius 1 is 1.00 bits per heavy atom. The second-order valence-corrected chi connectivity index (χ2v) is 6.72. The summed E-state index contributed by atoms with van der Waals surface area (Å²) in [5, 5.41) is 9.25. The third kappa shape index (κ3) is 3.30. The molecule has 106 valence electrons. The van der Waals surface area contributed by atoms with E-state index in [0.29, 0.717) is 0 Å². The molecule has 0 amide bonds. The van der Waals surface area contributed by atoms with E-state index in [1.165, 1.54) is 36.4 Å². The lowest BCUT2D eigenvalue weighted by atomic mass is 10.3. The Hall–Kier alpha value is -1.14. The summed E-state index contributed by atoms with van der Waals surface area (Å²) in [6, 6.07) is 8.08. The van der Waals surface area contributed by atoms with Crippen LogP contribution in [0.4, 0.5) is 5.69 Å². The molecule has 8 heteroatoms. The number of anilines is 1. The van der Waals surface area contributed by atoms with Crippen molar-refractivity contribution in [3.63, 3.8) is 0 Å². The predicted octanol–water partition coefficient (Wildman–Crippen LogP) is 4.15. The number of halogens is 3.